The summed E-state index contributed by atoms with van der Waals surface area (Å²) in [5.41, 5.74) is 9.52. The Morgan fingerprint density at radius 1 is 1.00 bits per heavy atom. The molecule has 2 nitrogen and oxygen atoms in total. The van der Waals surface area contributed by atoms with Crippen molar-refractivity contribution in [2.75, 3.05) is 5.73 Å². The van der Waals surface area contributed by atoms with E-state index in [4.69, 9.17) is 17.3 Å². The number of rotatable bonds is 2. The van der Waals surface area contributed by atoms with Crippen LogP contribution in [-0.2, 0) is 0 Å². The maximum absolute atomic E-state index is 12.3. The fourth-order valence-corrected chi connectivity index (χ4v) is 1.89. The van der Waals surface area contributed by atoms with Gasteiger partial charge in [0.1, 0.15) is 0 Å². The number of aryl methyl sites for hydroxylation is 2. The molecule has 2 N–H and O–H groups in total. The molecule has 18 heavy (non-hydrogen) atoms. The summed E-state index contributed by atoms with van der Waals surface area (Å²) in [7, 11) is 0. The minimum absolute atomic E-state index is 0.0159. The Hall–Kier alpha value is -1.80. The lowest BCUT2D eigenvalue weighted by molar-refractivity contribution is 0.103. The van der Waals surface area contributed by atoms with E-state index in [1.54, 1.807) is 30.3 Å². The number of nitrogen functional groups attached to an aromatic ring is 1. The van der Waals surface area contributed by atoms with E-state index in [0.29, 0.717) is 21.8 Å². The number of nitrogens with two attached hydrogens (primary N) is 1. The van der Waals surface area contributed by atoms with Gasteiger partial charge in [-0.3, -0.25) is 4.79 Å². The molecule has 3 heteroatoms. The average molecular weight is 260 g/mol. The van der Waals surface area contributed by atoms with E-state index in [0.717, 1.165) is 11.1 Å². The number of benzene rings is 2. The smallest absolute Gasteiger partial charge is 0.193 e. The normalized spacial score (nSPS) is 10.4. The molecule has 2 aromatic rings. The largest absolute Gasteiger partial charge is 0.399 e. The number of halogens is 1. The molecule has 0 spiro atoms. The molecule has 0 amide bonds. The lowest BCUT2D eigenvalue weighted by Gasteiger charge is -2.06. The summed E-state index contributed by atoms with van der Waals surface area (Å²) < 4.78 is 0. The number of carbonyl (C=O) groups is 1. The van der Waals surface area contributed by atoms with Crippen molar-refractivity contribution in [3.63, 3.8) is 0 Å². The number of anilines is 1. The molecule has 2 aromatic carbocycles. The number of hydrogen-bond acceptors (Lipinski definition) is 2. The van der Waals surface area contributed by atoms with E-state index in [1.807, 2.05) is 19.9 Å². The van der Waals surface area contributed by atoms with Gasteiger partial charge in [0.25, 0.3) is 0 Å². The third kappa shape index (κ3) is 2.39. The third-order valence-corrected chi connectivity index (χ3v) is 3.38. The molecule has 92 valence electrons. The first kappa shape index (κ1) is 12.7. The maximum Gasteiger partial charge on any atom is 0.193 e. The monoisotopic (exact) mass is 259 g/mol. The van der Waals surface area contributed by atoms with Gasteiger partial charge >= 0.3 is 0 Å². The predicted octanol–water partition coefficient (Wildman–Crippen LogP) is 3.77. The first-order chi connectivity index (χ1) is 8.49. The van der Waals surface area contributed by atoms with Crippen LogP contribution in [0.4, 0.5) is 5.69 Å². The van der Waals surface area contributed by atoms with Crippen LogP contribution in [0, 0.1) is 13.8 Å². The Bertz CT molecular complexity index is 566. The van der Waals surface area contributed by atoms with Crippen molar-refractivity contribution in [3.05, 3.63) is 63.7 Å². The first-order valence-electron chi connectivity index (χ1n) is 5.66. The van der Waals surface area contributed by atoms with E-state index in [-0.39, 0.29) is 5.78 Å². The molecule has 0 aliphatic carbocycles. The number of ketones is 1. The van der Waals surface area contributed by atoms with Crippen LogP contribution in [0.5, 0.6) is 0 Å². The van der Waals surface area contributed by atoms with Crippen LogP contribution in [0.1, 0.15) is 27.0 Å². The van der Waals surface area contributed by atoms with Gasteiger partial charge in [-0.25, -0.2) is 0 Å². The van der Waals surface area contributed by atoms with Gasteiger partial charge in [0.2, 0.25) is 0 Å². The summed E-state index contributed by atoms with van der Waals surface area (Å²) in [5, 5.41) is 0.667. The Balaban J connectivity index is 2.41. The molecule has 0 saturated heterocycles. The van der Waals surface area contributed by atoms with Gasteiger partial charge in [0, 0.05) is 21.8 Å². The Morgan fingerprint density at radius 2 is 1.56 bits per heavy atom. The summed E-state index contributed by atoms with van der Waals surface area (Å²) >= 11 is 5.95. The van der Waals surface area contributed by atoms with E-state index < -0.39 is 0 Å². The van der Waals surface area contributed by atoms with Gasteiger partial charge in [-0.05, 0) is 61.4 Å². The molecule has 0 fully saturated rings. The van der Waals surface area contributed by atoms with Crippen molar-refractivity contribution in [1.29, 1.82) is 0 Å². The summed E-state index contributed by atoms with van der Waals surface area (Å²) in [6, 6.07) is 10.6. The molecular weight excluding hydrogens is 246 g/mol. The Morgan fingerprint density at radius 3 is 2.11 bits per heavy atom. The van der Waals surface area contributed by atoms with Crippen molar-refractivity contribution in [2.45, 2.75) is 13.8 Å². The topological polar surface area (TPSA) is 43.1 Å². The molecule has 0 saturated carbocycles. The highest BCUT2D eigenvalue weighted by molar-refractivity contribution is 6.31. The Kier molecular flexibility index (Phi) is 3.39. The van der Waals surface area contributed by atoms with Crippen LogP contribution in [0.15, 0.2) is 36.4 Å². The van der Waals surface area contributed by atoms with Crippen molar-refractivity contribution in [1.82, 2.24) is 0 Å². The van der Waals surface area contributed by atoms with Crippen LogP contribution in [0.3, 0.4) is 0 Å². The van der Waals surface area contributed by atoms with Crippen molar-refractivity contribution < 1.29 is 4.79 Å². The van der Waals surface area contributed by atoms with Crippen molar-refractivity contribution in [3.8, 4) is 0 Å². The molecule has 0 aromatic heterocycles. The van der Waals surface area contributed by atoms with Gasteiger partial charge in [0.05, 0.1) is 0 Å². The second-order valence-electron chi connectivity index (χ2n) is 4.36. The first-order valence-corrected chi connectivity index (χ1v) is 6.04. The zero-order valence-corrected chi connectivity index (χ0v) is 11.1. The van der Waals surface area contributed by atoms with Gasteiger partial charge in [-0.1, -0.05) is 11.6 Å². The second-order valence-corrected chi connectivity index (χ2v) is 4.77. The van der Waals surface area contributed by atoms with E-state index in [2.05, 4.69) is 0 Å². The van der Waals surface area contributed by atoms with Crippen LogP contribution in [0.2, 0.25) is 5.02 Å². The Labute approximate surface area is 111 Å². The van der Waals surface area contributed by atoms with Crippen molar-refractivity contribution >= 4 is 23.1 Å². The highest BCUT2D eigenvalue weighted by Crippen LogP contribution is 2.20. The molecule has 0 atom stereocenters. The highest BCUT2D eigenvalue weighted by atomic mass is 35.5. The predicted molar refractivity (Wildman–Crippen MR) is 75.2 cm³/mol. The van der Waals surface area contributed by atoms with Crippen LogP contribution < -0.4 is 5.73 Å². The van der Waals surface area contributed by atoms with E-state index in [9.17, 15) is 4.79 Å². The fraction of sp³-hybridized carbons (Fsp3) is 0.133. The SMILES string of the molecule is Cc1cc(C(=O)c2ccc(Cl)c(C)c2)ccc1N. The standard InChI is InChI=1S/C15H14ClNO/c1-9-7-11(3-5-13(9)16)15(18)12-4-6-14(17)10(2)8-12/h3-8H,17H2,1-2H3. The molecule has 0 bridgehead atoms. The zero-order chi connectivity index (χ0) is 13.3. The second kappa shape index (κ2) is 4.83. The van der Waals surface area contributed by atoms with E-state index in [1.165, 1.54) is 0 Å². The maximum atomic E-state index is 12.3. The average Bonchev–Trinajstić information content (AvgIpc) is 2.35. The molecule has 0 radical (unpaired) electrons. The molecule has 0 unspecified atom stereocenters. The minimum Gasteiger partial charge on any atom is -0.399 e. The molecule has 2 rings (SSSR count). The third-order valence-electron chi connectivity index (χ3n) is 2.95. The molecular formula is C15H14ClNO. The minimum atomic E-state index is -0.0159. The van der Waals surface area contributed by atoms with Crippen LogP contribution >= 0.6 is 11.6 Å². The van der Waals surface area contributed by atoms with Crippen LogP contribution in [-0.4, -0.2) is 5.78 Å². The summed E-state index contributed by atoms with van der Waals surface area (Å²) in [6.45, 7) is 3.77. The number of hydrogen-bond donors (Lipinski definition) is 1. The lowest BCUT2D eigenvalue weighted by Crippen LogP contribution is -2.03. The molecule has 0 heterocycles. The molecule has 0 aliphatic heterocycles. The van der Waals surface area contributed by atoms with Crippen molar-refractivity contribution in [2.24, 2.45) is 0 Å². The van der Waals surface area contributed by atoms with Gasteiger partial charge in [-0.2, -0.15) is 0 Å². The van der Waals surface area contributed by atoms with E-state index >= 15 is 0 Å². The number of carbonyl (C=O) groups excluding carboxylic acids is 1. The lowest BCUT2D eigenvalue weighted by atomic mass is 10.00. The van der Waals surface area contributed by atoms with Gasteiger partial charge < -0.3 is 5.73 Å². The van der Waals surface area contributed by atoms with Gasteiger partial charge in [0.15, 0.2) is 5.78 Å². The fourth-order valence-electron chi connectivity index (χ4n) is 1.77. The summed E-state index contributed by atoms with van der Waals surface area (Å²) in [5.74, 6) is -0.0159. The van der Waals surface area contributed by atoms with Crippen LogP contribution in [0.25, 0.3) is 0 Å². The summed E-state index contributed by atoms with van der Waals surface area (Å²) in [6.07, 6.45) is 0. The highest BCUT2D eigenvalue weighted by Gasteiger charge is 2.10. The zero-order valence-electron chi connectivity index (χ0n) is 10.3. The van der Waals surface area contributed by atoms with Gasteiger partial charge in [-0.15, -0.1) is 0 Å². The quantitative estimate of drug-likeness (QED) is 0.659. The molecule has 0 aliphatic rings. The summed E-state index contributed by atoms with van der Waals surface area (Å²) in [4.78, 5) is 12.3.